The van der Waals surface area contributed by atoms with E-state index < -0.39 is 10.0 Å². The normalized spacial score (nSPS) is 16.2. The molecular formula is C12H16N4O2S2. The second-order valence-electron chi connectivity index (χ2n) is 4.71. The molecule has 2 N–H and O–H groups in total. The zero-order chi connectivity index (χ0) is 14.2. The molecule has 1 aliphatic heterocycles. The Kier molecular flexibility index (Phi) is 3.63. The minimum atomic E-state index is -3.51. The van der Waals surface area contributed by atoms with Crippen molar-refractivity contribution in [2.24, 2.45) is 0 Å². The summed E-state index contributed by atoms with van der Waals surface area (Å²) in [5, 5.41) is 11.7. The van der Waals surface area contributed by atoms with Crippen LogP contribution in [0, 0.1) is 0 Å². The number of thiophene rings is 1. The Labute approximate surface area is 121 Å². The van der Waals surface area contributed by atoms with Crippen LogP contribution in [0.15, 0.2) is 22.7 Å². The molecule has 2 aromatic rings. The van der Waals surface area contributed by atoms with E-state index in [2.05, 4.69) is 15.5 Å². The van der Waals surface area contributed by atoms with E-state index in [1.165, 1.54) is 9.18 Å². The van der Waals surface area contributed by atoms with E-state index in [0.717, 1.165) is 12.0 Å². The first kappa shape index (κ1) is 13.7. The molecule has 0 saturated heterocycles. The summed E-state index contributed by atoms with van der Waals surface area (Å²) in [5.74, 6) is 0. The van der Waals surface area contributed by atoms with E-state index in [0.29, 0.717) is 25.2 Å². The Balaban J connectivity index is 1.91. The quantitative estimate of drug-likeness (QED) is 0.881. The van der Waals surface area contributed by atoms with Crippen molar-refractivity contribution in [3.8, 4) is 0 Å². The first-order valence-corrected chi connectivity index (χ1v) is 8.67. The fourth-order valence-corrected chi connectivity index (χ4v) is 4.81. The molecule has 0 radical (unpaired) electrons. The Morgan fingerprint density at radius 1 is 1.55 bits per heavy atom. The van der Waals surface area contributed by atoms with Gasteiger partial charge in [-0.05, 0) is 30.5 Å². The smallest absolute Gasteiger partial charge is 0.260 e. The maximum atomic E-state index is 12.7. The summed E-state index contributed by atoms with van der Waals surface area (Å²) in [4.78, 5) is 1.29. The monoisotopic (exact) mass is 312 g/mol. The molecule has 0 bridgehead atoms. The molecule has 0 saturated carbocycles. The molecule has 108 valence electrons. The van der Waals surface area contributed by atoms with Crippen LogP contribution in [0.25, 0.3) is 0 Å². The van der Waals surface area contributed by atoms with Gasteiger partial charge in [-0.15, -0.1) is 11.3 Å². The lowest BCUT2D eigenvalue weighted by Crippen LogP contribution is -2.36. The van der Waals surface area contributed by atoms with Crippen LogP contribution in [0.5, 0.6) is 0 Å². The van der Waals surface area contributed by atoms with Gasteiger partial charge in [-0.2, -0.15) is 9.40 Å². The zero-order valence-corrected chi connectivity index (χ0v) is 12.7. The lowest BCUT2D eigenvalue weighted by molar-refractivity contribution is 0.391. The van der Waals surface area contributed by atoms with E-state index in [4.69, 9.17) is 0 Å². The second-order valence-corrected chi connectivity index (χ2v) is 7.59. The van der Waals surface area contributed by atoms with E-state index in [1.807, 2.05) is 11.4 Å². The molecule has 3 heterocycles. The minimum Gasteiger partial charge on any atom is -0.316 e. The van der Waals surface area contributed by atoms with Gasteiger partial charge in [0.15, 0.2) is 5.03 Å². The Hall–Kier alpha value is -1.22. The largest absolute Gasteiger partial charge is 0.316 e. The average molecular weight is 312 g/mol. The molecule has 2 aromatic heterocycles. The number of nitrogens with one attached hydrogen (secondary N) is 2. The standard InChI is InChI=1S/C12H16N4O2S2/c1-13-6-10-7-14-15-12(10)20(17,18)16-4-2-11-9(8-16)3-5-19-11/h3,5,7,13H,2,4,6,8H2,1H3,(H,14,15). The minimum absolute atomic E-state index is 0.200. The Morgan fingerprint density at radius 3 is 3.20 bits per heavy atom. The van der Waals surface area contributed by atoms with Crippen LogP contribution in [0.2, 0.25) is 0 Å². The predicted octanol–water partition coefficient (Wildman–Crippen LogP) is 0.938. The molecule has 3 rings (SSSR count). The number of hydrogen-bond donors (Lipinski definition) is 2. The first-order valence-electron chi connectivity index (χ1n) is 6.35. The highest BCUT2D eigenvalue weighted by Crippen LogP contribution is 2.28. The summed E-state index contributed by atoms with van der Waals surface area (Å²) in [7, 11) is -1.73. The van der Waals surface area contributed by atoms with Gasteiger partial charge in [-0.1, -0.05) is 0 Å². The summed E-state index contributed by atoms with van der Waals surface area (Å²) >= 11 is 1.70. The van der Waals surface area contributed by atoms with E-state index in [1.54, 1.807) is 24.6 Å². The Morgan fingerprint density at radius 2 is 2.40 bits per heavy atom. The van der Waals surface area contributed by atoms with Crippen molar-refractivity contribution in [2.45, 2.75) is 24.5 Å². The third-order valence-corrected chi connectivity index (χ3v) is 6.30. The van der Waals surface area contributed by atoms with Gasteiger partial charge in [0.1, 0.15) is 0 Å². The van der Waals surface area contributed by atoms with Gasteiger partial charge in [0.25, 0.3) is 10.0 Å². The van der Waals surface area contributed by atoms with Crippen LogP contribution in [0.1, 0.15) is 16.0 Å². The van der Waals surface area contributed by atoms with E-state index in [9.17, 15) is 8.42 Å². The molecule has 0 aliphatic carbocycles. The fourth-order valence-electron chi connectivity index (χ4n) is 2.40. The van der Waals surface area contributed by atoms with Gasteiger partial charge in [0.05, 0.1) is 6.20 Å². The van der Waals surface area contributed by atoms with Crippen molar-refractivity contribution >= 4 is 21.4 Å². The summed E-state index contributed by atoms with van der Waals surface area (Å²) in [6.07, 6.45) is 2.34. The topological polar surface area (TPSA) is 78.1 Å². The van der Waals surface area contributed by atoms with Gasteiger partial charge >= 0.3 is 0 Å². The van der Waals surface area contributed by atoms with Crippen molar-refractivity contribution in [3.63, 3.8) is 0 Å². The Bertz CT molecular complexity index is 705. The SMILES string of the molecule is CNCc1cn[nH]c1S(=O)(=O)N1CCc2sccc2C1. The number of aromatic nitrogens is 2. The summed E-state index contributed by atoms with van der Waals surface area (Å²) in [6, 6.07) is 2.00. The summed E-state index contributed by atoms with van der Waals surface area (Å²) < 4.78 is 26.9. The molecule has 1 aliphatic rings. The number of sulfonamides is 1. The lowest BCUT2D eigenvalue weighted by Gasteiger charge is -2.25. The van der Waals surface area contributed by atoms with Crippen LogP contribution in [0.3, 0.4) is 0 Å². The molecule has 8 heteroatoms. The zero-order valence-electron chi connectivity index (χ0n) is 11.1. The lowest BCUT2D eigenvalue weighted by atomic mass is 10.1. The summed E-state index contributed by atoms with van der Waals surface area (Å²) in [6.45, 7) is 1.44. The van der Waals surface area contributed by atoms with Gasteiger partial charge in [0, 0.05) is 30.1 Å². The molecule has 0 unspecified atom stereocenters. The van der Waals surface area contributed by atoms with Crippen molar-refractivity contribution < 1.29 is 8.42 Å². The van der Waals surface area contributed by atoms with Crippen LogP contribution in [0.4, 0.5) is 0 Å². The van der Waals surface area contributed by atoms with Crippen molar-refractivity contribution in [2.75, 3.05) is 13.6 Å². The number of nitrogens with zero attached hydrogens (tertiary/aromatic N) is 2. The molecule has 6 nitrogen and oxygen atoms in total. The molecule has 0 spiro atoms. The maximum absolute atomic E-state index is 12.7. The number of H-pyrrole nitrogens is 1. The summed E-state index contributed by atoms with van der Waals surface area (Å²) in [5.41, 5.74) is 1.78. The molecule has 0 aromatic carbocycles. The maximum Gasteiger partial charge on any atom is 0.260 e. The molecule has 0 fully saturated rings. The number of aromatic amines is 1. The molecule has 0 atom stereocenters. The van der Waals surface area contributed by atoms with Crippen LogP contribution in [-0.2, 0) is 29.5 Å². The van der Waals surface area contributed by atoms with Crippen LogP contribution < -0.4 is 5.32 Å². The van der Waals surface area contributed by atoms with Gasteiger partial charge in [0.2, 0.25) is 0 Å². The number of hydrogen-bond acceptors (Lipinski definition) is 5. The fraction of sp³-hybridized carbons (Fsp3) is 0.417. The van der Waals surface area contributed by atoms with Crippen molar-refractivity contribution in [3.05, 3.63) is 33.6 Å². The van der Waals surface area contributed by atoms with Crippen molar-refractivity contribution in [1.29, 1.82) is 0 Å². The predicted molar refractivity (Wildman–Crippen MR) is 77.0 cm³/mol. The van der Waals surface area contributed by atoms with Gasteiger partial charge < -0.3 is 5.32 Å². The van der Waals surface area contributed by atoms with Crippen LogP contribution in [-0.4, -0.2) is 36.5 Å². The highest BCUT2D eigenvalue weighted by Gasteiger charge is 2.31. The highest BCUT2D eigenvalue weighted by molar-refractivity contribution is 7.89. The van der Waals surface area contributed by atoms with Crippen LogP contribution >= 0.6 is 11.3 Å². The third-order valence-electron chi connectivity index (χ3n) is 3.42. The number of rotatable bonds is 4. The highest BCUT2D eigenvalue weighted by atomic mass is 32.2. The van der Waals surface area contributed by atoms with Gasteiger partial charge in [-0.25, -0.2) is 8.42 Å². The van der Waals surface area contributed by atoms with Crippen molar-refractivity contribution in [1.82, 2.24) is 19.8 Å². The third kappa shape index (κ3) is 2.28. The van der Waals surface area contributed by atoms with Gasteiger partial charge in [-0.3, -0.25) is 5.10 Å². The molecular weight excluding hydrogens is 296 g/mol. The first-order chi connectivity index (χ1) is 9.63. The van der Waals surface area contributed by atoms with E-state index in [-0.39, 0.29) is 5.03 Å². The number of fused-ring (bicyclic) bond motifs is 1. The molecule has 20 heavy (non-hydrogen) atoms. The second kappa shape index (κ2) is 5.28. The average Bonchev–Trinajstić information content (AvgIpc) is 3.06. The van der Waals surface area contributed by atoms with E-state index >= 15 is 0 Å². The molecule has 0 amide bonds.